The Hall–Kier alpha value is -7.53. The smallest absolute Gasteiger partial charge is 0.164 e. The Balaban J connectivity index is 1.12. The maximum absolute atomic E-state index is 9.79. The fourth-order valence-electron chi connectivity index (χ4n) is 7.80. The molecular formula is C55H35N3S. The molecule has 0 aliphatic rings. The van der Waals surface area contributed by atoms with Crippen LogP contribution in [0.4, 0.5) is 0 Å². The third kappa shape index (κ3) is 6.46. The summed E-state index contributed by atoms with van der Waals surface area (Å²) in [6.07, 6.45) is 0. The van der Waals surface area contributed by atoms with Crippen LogP contribution in [-0.2, 0) is 0 Å². The van der Waals surface area contributed by atoms with Crippen molar-refractivity contribution in [2.24, 2.45) is 0 Å². The van der Waals surface area contributed by atoms with Gasteiger partial charge < -0.3 is 0 Å². The van der Waals surface area contributed by atoms with E-state index in [9.17, 15) is 5.48 Å². The fraction of sp³-hybridized carbons (Fsp3) is 0. The molecule has 0 unspecified atom stereocenters. The molecule has 0 amide bonds. The van der Waals surface area contributed by atoms with Crippen molar-refractivity contribution in [1.29, 1.82) is 0 Å². The number of hydrogen-bond acceptors (Lipinski definition) is 4. The summed E-state index contributed by atoms with van der Waals surface area (Å²) in [5.41, 5.74) is 8.48. The first-order valence-electron chi connectivity index (χ1n) is 22.4. The lowest BCUT2D eigenvalue weighted by Gasteiger charge is -2.12. The summed E-state index contributed by atoms with van der Waals surface area (Å²) in [6.45, 7) is 0. The maximum Gasteiger partial charge on any atom is 0.164 e. The lowest BCUT2D eigenvalue weighted by Crippen LogP contribution is -2.00. The first-order valence-corrected chi connectivity index (χ1v) is 20.2. The normalized spacial score (nSPS) is 12.8. The molecule has 59 heavy (non-hydrogen) atoms. The standard InChI is InChI=1S/C55H35N3S/c1-3-13-36(14-4-1)37-25-29-41(30-26-37)53-56-54(42-31-27-40(28-32-42)45-22-11-18-39-17-7-8-19-44(39)45)58-55(57-53)43-33-34-49-51(35-43)59-50-24-12-23-48(52(49)50)47-21-10-9-20-46(47)38-15-5-2-6-16-38/h1-35H/i12D,23D,24D,33D,34D,35D. The summed E-state index contributed by atoms with van der Waals surface area (Å²) in [6, 6.07) is 56.9. The summed E-state index contributed by atoms with van der Waals surface area (Å²) in [5.74, 6) is 0.756. The summed E-state index contributed by atoms with van der Waals surface area (Å²) in [7, 11) is 0. The van der Waals surface area contributed by atoms with Gasteiger partial charge in [0.2, 0.25) is 0 Å². The van der Waals surface area contributed by atoms with Crippen LogP contribution in [0, 0.1) is 0 Å². The SMILES string of the molecule is [2H]c1c([2H])c(-c2ccccc2-c2ccccc2)c2c(sc3c([2H])c(-c4nc(-c5ccc(-c6ccccc6)cc5)nc(-c5ccc(-c6cccc7ccccc67)cc5)n4)c([2H])c([2H])c32)c1[2H]. The molecule has 0 atom stereocenters. The molecular weight excluding hydrogens is 735 g/mol. The molecule has 0 aliphatic carbocycles. The molecule has 2 heterocycles. The summed E-state index contributed by atoms with van der Waals surface area (Å²) >= 11 is 1.13. The second-order valence-electron chi connectivity index (χ2n) is 14.3. The Bertz CT molecular complexity index is 3650. The zero-order chi connectivity index (χ0) is 44.3. The van der Waals surface area contributed by atoms with E-state index in [0.717, 1.165) is 55.5 Å². The third-order valence-corrected chi connectivity index (χ3v) is 11.7. The van der Waals surface area contributed by atoms with Gasteiger partial charge in [0.15, 0.2) is 17.5 Å². The topological polar surface area (TPSA) is 38.7 Å². The van der Waals surface area contributed by atoms with E-state index in [2.05, 4.69) is 42.5 Å². The number of fused-ring (bicyclic) bond motifs is 4. The molecule has 2 aromatic heterocycles. The zero-order valence-electron chi connectivity index (χ0n) is 37.5. The van der Waals surface area contributed by atoms with Gasteiger partial charge in [0.1, 0.15) is 0 Å². The first-order chi connectivity index (χ1) is 31.7. The number of hydrogen-bond donors (Lipinski definition) is 0. The molecule has 276 valence electrons. The van der Waals surface area contributed by atoms with Gasteiger partial charge >= 0.3 is 0 Å². The number of aromatic nitrogens is 3. The minimum Gasteiger partial charge on any atom is -0.208 e. The Morgan fingerprint density at radius 1 is 0.339 bits per heavy atom. The Labute approximate surface area is 355 Å². The highest BCUT2D eigenvalue weighted by atomic mass is 32.1. The molecule has 0 fully saturated rings. The second kappa shape index (κ2) is 14.8. The quantitative estimate of drug-likeness (QED) is 0.162. The van der Waals surface area contributed by atoms with Gasteiger partial charge in [0.25, 0.3) is 0 Å². The minimum absolute atomic E-state index is 0.0576. The Morgan fingerprint density at radius 2 is 0.864 bits per heavy atom. The third-order valence-electron chi connectivity index (χ3n) is 10.7. The van der Waals surface area contributed by atoms with Crippen LogP contribution in [0.3, 0.4) is 0 Å². The van der Waals surface area contributed by atoms with Gasteiger partial charge in [0.05, 0.1) is 8.22 Å². The predicted octanol–water partition coefficient (Wildman–Crippen LogP) is 15.1. The van der Waals surface area contributed by atoms with E-state index in [-0.39, 0.29) is 47.6 Å². The van der Waals surface area contributed by atoms with Crippen LogP contribution in [-0.4, -0.2) is 15.0 Å². The molecule has 0 saturated carbocycles. The fourth-order valence-corrected chi connectivity index (χ4v) is 8.82. The van der Waals surface area contributed by atoms with Crippen molar-refractivity contribution in [2.45, 2.75) is 0 Å². The first kappa shape index (κ1) is 28.8. The Morgan fingerprint density at radius 3 is 1.59 bits per heavy atom. The molecule has 0 bridgehead atoms. The molecule has 11 aromatic rings. The molecule has 4 heteroatoms. The van der Waals surface area contributed by atoms with Crippen molar-refractivity contribution >= 4 is 42.3 Å². The van der Waals surface area contributed by atoms with E-state index >= 15 is 0 Å². The average molecular weight is 776 g/mol. The van der Waals surface area contributed by atoms with Crippen molar-refractivity contribution in [3.63, 3.8) is 0 Å². The molecule has 0 spiro atoms. The molecule has 0 saturated heterocycles. The minimum atomic E-state index is -0.258. The van der Waals surface area contributed by atoms with Crippen molar-refractivity contribution in [2.75, 3.05) is 0 Å². The van der Waals surface area contributed by atoms with Gasteiger partial charge in [-0.2, -0.15) is 0 Å². The van der Waals surface area contributed by atoms with Crippen LogP contribution < -0.4 is 0 Å². The lowest BCUT2D eigenvalue weighted by molar-refractivity contribution is 1.07. The van der Waals surface area contributed by atoms with Crippen LogP contribution in [0.5, 0.6) is 0 Å². The van der Waals surface area contributed by atoms with E-state index in [1.807, 2.05) is 133 Å². The molecule has 0 aliphatic heterocycles. The van der Waals surface area contributed by atoms with Gasteiger partial charge in [-0.25, -0.2) is 15.0 Å². The van der Waals surface area contributed by atoms with Crippen molar-refractivity contribution in [3.05, 3.63) is 212 Å². The molecule has 11 rings (SSSR count). The number of rotatable bonds is 7. The highest BCUT2D eigenvalue weighted by Gasteiger charge is 2.18. The highest BCUT2D eigenvalue weighted by molar-refractivity contribution is 7.26. The maximum atomic E-state index is 9.79. The van der Waals surface area contributed by atoms with Crippen LogP contribution in [0.2, 0.25) is 0 Å². The number of nitrogens with zero attached hydrogens (tertiary/aromatic N) is 3. The van der Waals surface area contributed by atoms with Crippen LogP contribution in [0.25, 0.3) is 110 Å². The molecule has 0 N–H and O–H groups in total. The van der Waals surface area contributed by atoms with E-state index in [4.69, 9.17) is 17.7 Å². The van der Waals surface area contributed by atoms with Gasteiger partial charge in [-0.3, -0.25) is 0 Å². The molecule has 9 aromatic carbocycles. The van der Waals surface area contributed by atoms with Gasteiger partial charge in [-0.1, -0.05) is 200 Å². The average Bonchev–Trinajstić information content (AvgIpc) is 3.77. The van der Waals surface area contributed by atoms with E-state index < -0.39 is 0 Å². The Kier molecular flexibility index (Phi) is 7.21. The summed E-state index contributed by atoms with van der Waals surface area (Å²) < 4.78 is 57.0. The second-order valence-corrected chi connectivity index (χ2v) is 15.3. The summed E-state index contributed by atoms with van der Waals surface area (Å²) in [5, 5.41) is 3.00. The van der Waals surface area contributed by atoms with E-state index in [0.29, 0.717) is 54.1 Å². The summed E-state index contributed by atoms with van der Waals surface area (Å²) in [4.78, 5) is 14.9. The van der Waals surface area contributed by atoms with Gasteiger partial charge in [0, 0.05) is 36.9 Å². The lowest BCUT2D eigenvalue weighted by atomic mass is 9.92. The van der Waals surface area contributed by atoms with Crippen molar-refractivity contribution < 1.29 is 8.22 Å². The van der Waals surface area contributed by atoms with E-state index in [1.54, 1.807) is 0 Å². The molecule has 3 nitrogen and oxygen atoms in total. The number of thiophene rings is 1. The van der Waals surface area contributed by atoms with Gasteiger partial charge in [-0.05, 0) is 67.4 Å². The van der Waals surface area contributed by atoms with E-state index in [1.165, 1.54) is 0 Å². The van der Waals surface area contributed by atoms with Crippen molar-refractivity contribution in [3.8, 4) is 78.7 Å². The van der Waals surface area contributed by atoms with Crippen LogP contribution >= 0.6 is 11.3 Å². The van der Waals surface area contributed by atoms with Gasteiger partial charge in [-0.15, -0.1) is 11.3 Å². The van der Waals surface area contributed by atoms with Crippen LogP contribution in [0.1, 0.15) is 8.22 Å². The predicted molar refractivity (Wildman–Crippen MR) is 248 cm³/mol. The molecule has 0 radical (unpaired) electrons. The monoisotopic (exact) mass is 775 g/mol. The van der Waals surface area contributed by atoms with Crippen molar-refractivity contribution in [1.82, 2.24) is 15.0 Å². The zero-order valence-corrected chi connectivity index (χ0v) is 32.3. The highest BCUT2D eigenvalue weighted by Crippen LogP contribution is 2.44. The van der Waals surface area contributed by atoms with Crippen LogP contribution in [0.15, 0.2) is 212 Å². The largest absolute Gasteiger partial charge is 0.208 e. The number of benzene rings is 9.